The Morgan fingerprint density at radius 2 is 1.83 bits per heavy atom. The molecule has 1 aliphatic heterocycles. The lowest BCUT2D eigenvalue weighted by Crippen LogP contribution is -2.40. The van der Waals surface area contributed by atoms with Crippen LogP contribution in [-0.4, -0.2) is 40.1 Å². The summed E-state index contributed by atoms with van der Waals surface area (Å²) >= 11 is 0. The first kappa shape index (κ1) is 16.0. The molecule has 1 aliphatic carbocycles. The fraction of sp³-hybridized carbons (Fsp3) is 0.556. The van der Waals surface area contributed by atoms with Crippen molar-refractivity contribution in [1.29, 1.82) is 0 Å². The quantitative estimate of drug-likeness (QED) is 0.906. The molecule has 0 spiro atoms. The monoisotopic (exact) mass is 317 g/mol. The molecule has 1 amide bonds. The van der Waals surface area contributed by atoms with Crippen LogP contribution in [0.3, 0.4) is 0 Å². The van der Waals surface area contributed by atoms with E-state index in [2.05, 4.69) is 32.0 Å². The minimum Gasteiger partial charge on any atom is -0.479 e. The highest BCUT2D eigenvalue weighted by molar-refractivity contribution is 5.83. The normalized spacial score (nSPS) is 23.7. The Bertz CT molecular complexity index is 623. The van der Waals surface area contributed by atoms with Crippen molar-refractivity contribution >= 4 is 11.9 Å². The van der Waals surface area contributed by atoms with Crippen LogP contribution < -0.4 is 0 Å². The van der Waals surface area contributed by atoms with Gasteiger partial charge in [0, 0.05) is 12.6 Å². The smallest absolute Gasteiger partial charge is 0.332 e. The number of carbonyl (C=O) groups excluding carboxylic acids is 1. The van der Waals surface area contributed by atoms with E-state index >= 15 is 0 Å². The van der Waals surface area contributed by atoms with Gasteiger partial charge < -0.3 is 14.7 Å². The number of aryl methyl sites for hydroxylation is 2. The van der Waals surface area contributed by atoms with Crippen molar-refractivity contribution in [2.24, 2.45) is 0 Å². The molecule has 0 unspecified atom stereocenters. The number of benzene rings is 1. The van der Waals surface area contributed by atoms with Gasteiger partial charge in [-0.2, -0.15) is 0 Å². The summed E-state index contributed by atoms with van der Waals surface area (Å²) in [6.45, 7) is 4.71. The summed E-state index contributed by atoms with van der Waals surface area (Å²) in [5.74, 6) is -1.04. The van der Waals surface area contributed by atoms with Crippen molar-refractivity contribution in [3.05, 3.63) is 34.9 Å². The van der Waals surface area contributed by atoms with Gasteiger partial charge in [0.1, 0.15) is 6.10 Å². The molecule has 1 aromatic carbocycles. The van der Waals surface area contributed by atoms with Gasteiger partial charge in [-0.25, -0.2) is 4.79 Å². The van der Waals surface area contributed by atoms with Crippen LogP contribution in [0.15, 0.2) is 18.2 Å². The van der Waals surface area contributed by atoms with Gasteiger partial charge in [0.25, 0.3) is 5.91 Å². The molecular formula is C18H23NO4. The molecule has 0 bridgehead atoms. The molecule has 2 fully saturated rings. The van der Waals surface area contributed by atoms with Crippen LogP contribution in [0.2, 0.25) is 0 Å². The summed E-state index contributed by atoms with van der Waals surface area (Å²) in [4.78, 5) is 25.6. The number of rotatable bonds is 5. The molecule has 3 rings (SSSR count). The Labute approximate surface area is 136 Å². The predicted molar refractivity (Wildman–Crippen MR) is 85.0 cm³/mol. The van der Waals surface area contributed by atoms with Crippen LogP contribution in [0.5, 0.6) is 0 Å². The topological polar surface area (TPSA) is 66.8 Å². The predicted octanol–water partition coefficient (Wildman–Crippen LogP) is 2.43. The van der Waals surface area contributed by atoms with Gasteiger partial charge in [0.05, 0.1) is 0 Å². The second-order valence-electron chi connectivity index (χ2n) is 6.64. The van der Waals surface area contributed by atoms with E-state index in [0.717, 1.165) is 18.4 Å². The number of carboxylic acids is 1. The van der Waals surface area contributed by atoms with E-state index in [9.17, 15) is 9.59 Å². The van der Waals surface area contributed by atoms with E-state index in [4.69, 9.17) is 9.84 Å². The van der Waals surface area contributed by atoms with Crippen LogP contribution in [0.1, 0.15) is 42.4 Å². The summed E-state index contributed by atoms with van der Waals surface area (Å²) in [6.07, 6.45) is 1.49. The molecule has 1 N–H and O–H groups in total. The van der Waals surface area contributed by atoms with Gasteiger partial charge in [-0.1, -0.05) is 18.2 Å². The standard InChI is InChI=1S/C18H23NO4/c1-11-3-4-13(9-12(11)2)10-19(14-5-6-14)17(20)15-7-8-16(23-15)18(21)22/h3-4,9,14-16H,5-8,10H2,1-2H3,(H,21,22)/t15-,16+/m0/s1. The second kappa shape index (κ2) is 6.32. The first-order valence-electron chi connectivity index (χ1n) is 8.20. The molecule has 2 atom stereocenters. The maximum atomic E-state index is 12.8. The average Bonchev–Trinajstić information content (AvgIpc) is 3.22. The van der Waals surface area contributed by atoms with Crippen molar-refractivity contribution in [2.75, 3.05) is 0 Å². The molecule has 2 aliphatic rings. The summed E-state index contributed by atoms with van der Waals surface area (Å²) < 4.78 is 5.43. The third kappa shape index (κ3) is 3.55. The summed E-state index contributed by atoms with van der Waals surface area (Å²) in [7, 11) is 0. The summed E-state index contributed by atoms with van der Waals surface area (Å²) in [5.41, 5.74) is 3.57. The van der Waals surface area contributed by atoms with Crippen molar-refractivity contribution < 1.29 is 19.4 Å². The molecule has 23 heavy (non-hydrogen) atoms. The zero-order valence-electron chi connectivity index (χ0n) is 13.6. The first-order valence-corrected chi connectivity index (χ1v) is 8.20. The van der Waals surface area contributed by atoms with E-state index in [0.29, 0.717) is 19.4 Å². The largest absolute Gasteiger partial charge is 0.479 e. The Hall–Kier alpha value is -1.88. The molecule has 1 saturated heterocycles. The van der Waals surface area contributed by atoms with Crippen molar-refractivity contribution in [1.82, 2.24) is 4.90 Å². The lowest BCUT2D eigenvalue weighted by molar-refractivity contribution is -0.155. The maximum absolute atomic E-state index is 12.8. The van der Waals surface area contributed by atoms with Gasteiger partial charge in [-0.15, -0.1) is 0 Å². The fourth-order valence-corrected chi connectivity index (χ4v) is 3.06. The second-order valence-corrected chi connectivity index (χ2v) is 6.64. The minimum atomic E-state index is -0.979. The van der Waals surface area contributed by atoms with Gasteiger partial charge in [0.2, 0.25) is 0 Å². The number of hydrogen-bond acceptors (Lipinski definition) is 3. The number of nitrogens with zero attached hydrogens (tertiary/aromatic N) is 1. The lowest BCUT2D eigenvalue weighted by Gasteiger charge is -2.26. The van der Waals surface area contributed by atoms with E-state index in [1.165, 1.54) is 11.1 Å². The lowest BCUT2D eigenvalue weighted by atomic mass is 10.1. The number of aliphatic carboxylic acids is 1. The van der Waals surface area contributed by atoms with Gasteiger partial charge in [0.15, 0.2) is 6.10 Å². The third-order valence-corrected chi connectivity index (χ3v) is 4.77. The maximum Gasteiger partial charge on any atom is 0.332 e. The van der Waals surface area contributed by atoms with E-state index in [-0.39, 0.29) is 11.9 Å². The number of carbonyl (C=O) groups is 2. The highest BCUT2D eigenvalue weighted by Crippen LogP contribution is 2.32. The molecule has 1 aromatic rings. The van der Waals surface area contributed by atoms with Crippen molar-refractivity contribution in [2.45, 2.75) is 64.3 Å². The highest BCUT2D eigenvalue weighted by Gasteiger charge is 2.41. The van der Waals surface area contributed by atoms with E-state index in [1.54, 1.807) is 0 Å². The number of hydrogen-bond donors (Lipinski definition) is 1. The SMILES string of the molecule is Cc1ccc(CN(C(=O)[C@@H]2CC[C@H](C(=O)O)O2)C2CC2)cc1C. The van der Waals surface area contributed by atoms with Crippen molar-refractivity contribution in [3.63, 3.8) is 0 Å². The Morgan fingerprint density at radius 1 is 1.13 bits per heavy atom. The van der Waals surface area contributed by atoms with E-state index < -0.39 is 18.2 Å². The number of amides is 1. The number of carboxylic acid groups (broad SMARTS) is 1. The van der Waals surface area contributed by atoms with Crippen LogP contribution in [-0.2, 0) is 20.9 Å². The fourth-order valence-electron chi connectivity index (χ4n) is 3.06. The molecule has 1 heterocycles. The number of ether oxygens (including phenoxy) is 1. The van der Waals surface area contributed by atoms with Gasteiger partial charge >= 0.3 is 5.97 Å². The summed E-state index contributed by atoms with van der Waals surface area (Å²) in [6, 6.07) is 6.53. The minimum absolute atomic E-state index is 0.0607. The first-order chi connectivity index (χ1) is 11.0. The molecule has 5 heteroatoms. The molecule has 1 saturated carbocycles. The average molecular weight is 317 g/mol. The molecule has 5 nitrogen and oxygen atoms in total. The van der Waals surface area contributed by atoms with Crippen LogP contribution in [0.25, 0.3) is 0 Å². The molecule has 0 radical (unpaired) electrons. The van der Waals surface area contributed by atoms with Crippen LogP contribution >= 0.6 is 0 Å². The Balaban J connectivity index is 1.70. The molecule has 0 aromatic heterocycles. The Kier molecular flexibility index (Phi) is 4.39. The Morgan fingerprint density at radius 3 is 2.39 bits per heavy atom. The molecule has 124 valence electrons. The van der Waals surface area contributed by atoms with Crippen LogP contribution in [0.4, 0.5) is 0 Å². The zero-order chi connectivity index (χ0) is 16.6. The van der Waals surface area contributed by atoms with Gasteiger partial charge in [-0.3, -0.25) is 4.79 Å². The van der Waals surface area contributed by atoms with Gasteiger partial charge in [-0.05, 0) is 56.2 Å². The summed E-state index contributed by atoms with van der Waals surface area (Å²) in [5, 5.41) is 9.01. The zero-order valence-corrected chi connectivity index (χ0v) is 13.6. The third-order valence-electron chi connectivity index (χ3n) is 4.77. The van der Waals surface area contributed by atoms with Crippen LogP contribution in [0, 0.1) is 13.8 Å². The highest BCUT2D eigenvalue weighted by atomic mass is 16.5. The molecular weight excluding hydrogens is 294 g/mol. The van der Waals surface area contributed by atoms with Crippen molar-refractivity contribution in [3.8, 4) is 0 Å². The van der Waals surface area contributed by atoms with E-state index in [1.807, 2.05) is 4.90 Å².